The molecule has 0 aromatic rings. The van der Waals surface area contributed by atoms with Crippen molar-refractivity contribution in [2.24, 2.45) is 0 Å². The predicted molar refractivity (Wildman–Crippen MR) is 49.6 cm³/mol. The van der Waals surface area contributed by atoms with Gasteiger partial charge in [0.1, 0.15) is 0 Å². The van der Waals surface area contributed by atoms with Gasteiger partial charge in [0.15, 0.2) is 0 Å². The molecule has 0 aliphatic rings. The quantitative estimate of drug-likeness (QED) is 0.573. The van der Waals surface area contributed by atoms with Crippen molar-refractivity contribution in [3.63, 3.8) is 0 Å². The number of carbonyl (C=O) groups excluding carboxylic acids is 1. The number of amides is 1. The Morgan fingerprint density at radius 2 is 2.25 bits per heavy atom. The van der Waals surface area contributed by atoms with Crippen LogP contribution in [-0.4, -0.2) is 25.0 Å². The molecular weight excluding hydrogens is 152 g/mol. The summed E-state index contributed by atoms with van der Waals surface area (Å²) in [5, 5.41) is 5.73. The zero-order valence-corrected chi connectivity index (χ0v) is 7.68. The summed E-state index contributed by atoms with van der Waals surface area (Å²) in [4.78, 5) is 10.9. The summed E-state index contributed by atoms with van der Waals surface area (Å²) in [7, 11) is 0. The largest absolute Gasteiger partial charge is 0.345 e. The molecule has 2 N–H and O–H groups in total. The number of rotatable bonds is 5. The van der Waals surface area contributed by atoms with Gasteiger partial charge >= 0.3 is 0 Å². The van der Waals surface area contributed by atoms with Gasteiger partial charge in [0.05, 0.1) is 6.54 Å². The van der Waals surface area contributed by atoms with E-state index in [-0.39, 0.29) is 5.91 Å². The normalized spacial score (nSPS) is 9.50. The van der Waals surface area contributed by atoms with Crippen LogP contribution in [0.4, 0.5) is 0 Å². The molecule has 3 heteroatoms. The van der Waals surface area contributed by atoms with Crippen molar-refractivity contribution in [3.8, 4) is 12.3 Å². The first kappa shape index (κ1) is 11.0. The van der Waals surface area contributed by atoms with Crippen LogP contribution in [0, 0.1) is 12.3 Å². The van der Waals surface area contributed by atoms with E-state index < -0.39 is 0 Å². The molecular formula is C9H16N2O. The van der Waals surface area contributed by atoms with Gasteiger partial charge in [-0.05, 0) is 0 Å². The fraction of sp³-hybridized carbons (Fsp3) is 0.667. The number of hydrogen-bond acceptors (Lipinski definition) is 2. The van der Waals surface area contributed by atoms with Crippen LogP contribution in [0.25, 0.3) is 0 Å². The van der Waals surface area contributed by atoms with Crippen LogP contribution >= 0.6 is 0 Å². The van der Waals surface area contributed by atoms with E-state index in [0.29, 0.717) is 25.6 Å². The van der Waals surface area contributed by atoms with Crippen LogP contribution in [0.5, 0.6) is 0 Å². The molecule has 68 valence electrons. The van der Waals surface area contributed by atoms with E-state index in [1.54, 1.807) is 0 Å². The van der Waals surface area contributed by atoms with E-state index in [9.17, 15) is 4.79 Å². The van der Waals surface area contributed by atoms with Crippen LogP contribution in [0.3, 0.4) is 0 Å². The van der Waals surface area contributed by atoms with Crippen molar-refractivity contribution in [2.75, 3.05) is 13.1 Å². The summed E-state index contributed by atoms with van der Waals surface area (Å²) in [6.45, 7) is 5.10. The number of nitrogens with one attached hydrogen (secondary N) is 2. The van der Waals surface area contributed by atoms with Crippen molar-refractivity contribution in [3.05, 3.63) is 0 Å². The molecule has 0 atom stereocenters. The fourth-order valence-corrected chi connectivity index (χ4v) is 0.712. The van der Waals surface area contributed by atoms with Gasteiger partial charge in [-0.1, -0.05) is 19.8 Å². The Morgan fingerprint density at radius 3 is 2.75 bits per heavy atom. The lowest BCUT2D eigenvalue weighted by Crippen LogP contribution is -2.30. The Balaban J connectivity index is 3.27. The van der Waals surface area contributed by atoms with Gasteiger partial charge in [0.25, 0.3) is 0 Å². The van der Waals surface area contributed by atoms with Crippen molar-refractivity contribution in [1.82, 2.24) is 10.6 Å². The maximum Gasteiger partial charge on any atom is 0.222 e. The molecule has 0 saturated heterocycles. The van der Waals surface area contributed by atoms with Crippen LogP contribution in [0.2, 0.25) is 0 Å². The van der Waals surface area contributed by atoms with Gasteiger partial charge < -0.3 is 10.6 Å². The minimum atomic E-state index is 0.00102. The summed E-state index contributed by atoms with van der Waals surface area (Å²) >= 11 is 0. The highest BCUT2D eigenvalue weighted by atomic mass is 16.1. The van der Waals surface area contributed by atoms with Crippen molar-refractivity contribution >= 4 is 5.91 Å². The maximum atomic E-state index is 10.9. The standard InChI is InChI=1S/C9H16N2O/c1-4-6-11-9(12)5-7-10-8(2)3/h1,8,10H,5-7H2,2-3H3,(H,11,12). The molecule has 0 saturated carbocycles. The molecule has 0 aliphatic heterocycles. The van der Waals surface area contributed by atoms with Gasteiger partial charge in [-0.25, -0.2) is 0 Å². The molecule has 12 heavy (non-hydrogen) atoms. The molecule has 0 aromatic carbocycles. The van der Waals surface area contributed by atoms with E-state index >= 15 is 0 Å². The van der Waals surface area contributed by atoms with E-state index in [0.717, 1.165) is 0 Å². The summed E-state index contributed by atoms with van der Waals surface area (Å²) < 4.78 is 0. The summed E-state index contributed by atoms with van der Waals surface area (Å²) in [5.41, 5.74) is 0. The SMILES string of the molecule is C#CCNC(=O)CCNC(C)C. The van der Waals surface area contributed by atoms with Crippen LogP contribution in [0.1, 0.15) is 20.3 Å². The number of terminal acetylenes is 1. The molecule has 3 nitrogen and oxygen atoms in total. The average molecular weight is 168 g/mol. The van der Waals surface area contributed by atoms with E-state index in [1.807, 2.05) is 13.8 Å². The zero-order valence-electron chi connectivity index (χ0n) is 7.68. The average Bonchev–Trinajstić information content (AvgIpc) is 2.00. The van der Waals surface area contributed by atoms with Gasteiger partial charge in [-0.2, -0.15) is 0 Å². The summed E-state index contributed by atoms with van der Waals surface area (Å²) in [5.74, 6) is 2.35. The molecule has 1 amide bonds. The zero-order chi connectivity index (χ0) is 9.40. The summed E-state index contributed by atoms with van der Waals surface area (Å²) in [6.07, 6.45) is 5.46. The smallest absolute Gasteiger partial charge is 0.222 e. The second-order valence-electron chi connectivity index (χ2n) is 2.84. The minimum absolute atomic E-state index is 0.00102. The van der Waals surface area contributed by atoms with Crippen LogP contribution in [0.15, 0.2) is 0 Å². The van der Waals surface area contributed by atoms with Crippen molar-refractivity contribution in [2.45, 2.75) is 26.3 Å². The molecule has 0 aromatic heterocycles. The molecule has 0 radical (unpaired) electrons. The highest BCUT2D eigenvalue weighted by Gasteiger charge is 1.98. The Bertz CT molecular complexity index is 170. The lowest BCUT2D eigenvalue weighted by Gasteiger charge is -2.06. The lowest BCUT2D eigenvalue weighted by atomic mass is 10.3. The first-order valence-electron chi connectivity index (χ1n) is 4.10. The third kappa shape index (κ3) is 7.10. The second kappa shape index (κ2) is 6.68. The maximum absolute atomic E-state index is 10.9. The molecule has 0 spiro atoms. The molecule has 0 rings (SSSR count). The van der Waals surface area contributed by atoms with Crippen molar-refractivity contribution in [1.29, 1.82) is 0 Å². The van der Waals surface area contributed by atoms with E-state index in [4.69, 9.17) is 6.42 Å². The fourth-order valence-electron chi connectivity index (χ4n) is 0.712. The third-order valence-electron chi connectivity index (χ3n) is 1.29. The molecule has 0 aliphatic carbocycles. The highest BCUT2D eigenvalue weighted by molar-refractivity contribution is 5.76. The van der Waals surface area contributed by atoms with Crippen molar-refractivity contribution < 1.29 is 4.79 Å². The second-order valence-corrected chi connectivity index (χ2v) is 2.84. The van der Waals surface area contributed by atoms with Gasteiger partial charge in [-0.15, -0.1) is 6.42 Å². The highest BCUT2D eigenvalue weighted by Crippen LogP contribution is 1.80. The summed E-state index contributed by atoms with van der Waals surface area (Å²) in [6, 6.07) is 0.422. The first-order valence-corrected chi connectivity index (χ1v) is 4.10. The van der Waals surface area contributed by atoms with Crippen LogP contribution in [-0.2, 0) is 4.79 Å². The third-order valence-corrected chi connectivity index (χ3v) is 1.29. The molecule has 0 fully saturated rings. The van der Waals surface area contributed by atoms with E-state index in [1.165, 1.54) is 0 Å². The molecule has 0 unspecified atom stereocenters. The Hall–Kier alpha value is -1.01. The number of hydrogen-bond donors (Lipinski definition) is 2. The Kier molecular flexibility index (Phi) is 6.12. The monoisotopic (exact) mass is 168 g/mol. The van der Waals surface area contributed by atoms with Gasteiger partial charge in [0, 0.05) is 19.0 Å². The minimum Gasteiger partial charge on any atom is -0.345 e. The molecule has 0 heterocycles. The Labute approximate surface area is 73.9 Å². The molecule has 0 bridgehead atoms. The van der Waals surface area contributed by atoms with E-state index in [2.05, 4.69) is 16.6 Å². The van der Waals surface area contributed by atoms with Crippen LogP contribution < -0.4 is 10.6 Å². The van der Waals surface area contributed by atoms with Gasteiger partial charge in [-0.3, -0.25) is 4.79 Å². The number of carbonyl (C=O) groups is 1. The Morgan fingerprint density at radius 1 is 1.58 bits per heavy atom. The topological polar surface area (TPSA) is 41.1 Å². The predicted octanol–water partition coefficient (Wildman–Crippen LogP) is 0.124. The lowest BCUT2D eigenvalue weighted by molar-refractivity contribution is -0.120. The van der Waals surface area contributed by atoms with Gasteiger partial charge in [0.2, 0.25) is 5.91 Å². The first-order chi connectivity index (χ1) is 5.66.